The predicted octanol–water partition coefficient (Wildman–Crippen LogP) is 1.28. The first-order valence-electron chi connectivity index (χ1n) is 6.47. The predicted molar refractivity (Wildman–Crippen MR) is 76.4 cm³/mol. The van der Waals surface area contributed by atoms with Crippen LogP contribution in [0.5, 0.6) is 0 Å². The van der Waals surface area contributed by atoms with Crippen molar-refractivity contribution in [3.05, 3.63) is 47.4 Å². The quantitative estimate of drug-likeness (QED) is 0.774. The number of aromatic nitrogens is 2. The molecule has 1 heterocycles. The van der Waals surface area contributed by atoms with E-state index in [-0.39, 0.29) is 23.7 Å². The van der Waals surface area contributed by atoms with E-state index in [9.17, 15) is 17.6 Å². The van der Waals surface area contributed by atoms with E-state index < -0.39 is 15.9 Å². The van der Waals surface area contributed by atoms with Gasteiger partial charge in [0.1, 0.15) is 11.9 Å². The van der Waals surface area contributed by atoms with Crippen molar-refractivity contribution in [3.63, 3.8) is 0 Å². The summed E-state index contributed by atoms with van der Waals surface area (Å²) in [6.07, 6.45) is 0.808. The molecule has 0 bridgehead atoms. The minimum Gasteiger partial charge on any atom is -0.464 e. The molecule has 1 atom stereocenters. The van der Waals surface area contributed by atoms with Crippen LogP contribution in [0.15, 0.2) is 35.4 Å². The number of hydrogen-bond acceptors (Lipinski definition) is 5. The van der Waals surface area contributed by atoms with Crippen LogP contribution in [0, 0.1) is 5.82 Å². The number of nitrogens with one attached hydrogen (secondary N) is 1. The molecule has 0 aliphatic heterocycles. The number of benzene rings is 1. The molecule has 8 heteroatoms. The Hall–Kier alpha value is -2.22. The molecular weight excluding hydrogens is 311 g/mol. The van der Waals surface area contributed by atoms with Gasteiger partial charge in [0.25, 0.3) is 6.47 Å². The fourth-order valence-corrected chi connectivity index (χ4v) is 2.60. The molecule has 118 valence electrons. The van der Waals surface area contributed by atoms with Gasteiger partial charge in [0.05, 0.1) is 0 Å². The summed E-state index contributed by atoms with van der Waals surface area (Å²) in [4.78, 5) is 10.6. The average molecular weight is 326 g/mol. The van der Waals surface area contributed by atoms with Gasteiger partial charge >= 0.3 is 0 Å². The van der Waals surface area contributed by atoms with Gasteiger partial charge in [-0.25, -0.2) is 12.8 Å². The van der Waals surface area contributed by atoms with Gasteiger partial charge in [0.15, 0.2) is 14.9 Å². The number of sulfone groups is 1. The lowest BCUT2D eigenvalue weighted by Crippen LogP contribution is -2.19. The number of carbonyl (C=O) groups is 1. The zero-order valence-electron chi connectivity index (χ0n) is 11.8. The Bertz CT molecular complexity index is 758. The topological polar surface area (TPSA) is 89.1 Å². The van der Waals surface area contributed by atoms with Crippen molar-refractivity contribution in [1.82, 2.24) is 10.2 Å². The minimum absolute atomic E-state index is 0.0850. The Morgan fingerprint density at radius 2 is 2.09 bits per heavy atom. The maximum Gasteiger partial charge on any atom is 0.293 e. The molecule has 1 aromatic heterocycles. The molecule has 22 heavy (non-hydrogen) atoms. The van der Waals surface area contributed by atoms with Crippen LogP contribution in [0.25, 0.3) is 0 Å². The fourth-order valence-electron chi connectivity index (χ4n) is 2.04. The summed E-state index contributed by atoms with van der Waals surface area (Å²) in [5.74, 6) is -0.386. The van der Waals surface area contributed by atoms with E-state index in [1.165, 1.54) is 12.1 Å². The van der Waals surface area contributed by atoms with Crippen molar-refractivity contribution < 1.29 is 22.3 Å². The highest BCUT2D eigenvalue weighted by molar-refractivity contribution is 7.90. The Balaban J connectivity index is 2.14. The molecular formula is C14H15FN2O4S. The van der Waals surface area contributed by atoms with Crippen molar-refractivity contribution in [2.45, 2.75) is 24.0 Å². The van der Waals surface area contributed by atoms with E-state index in [2.05, 4.69) is 10.2 Å². The monoisotopic (exact) mass is 326 g/mol. The van der Waals surface area contributed by atoms with E-state index in [1.54, 1.807) is 18.2 Å². The molecule has 0 spiro atoms. The van der Waals surface area contributed by atoms with Gasteiger partial charge in [-0.05, 0) is 17.7 Å². The standard InChI is InChI=1S/C14H15FN2O4S/c1-22(19,20)14-8-11(16-17-14)7-12(21-9-18)6-10-4-2-3-5-13(10)15/h2-5,8-9,12H,6-7H2,1H3,(H,16,17). The molecule has 0 radical (unpaired) electrons. The van der Waals surface area contributed by atoms with Crippen LogP contribution in [0.4, 0.5) is 4.39 Å². The average Bonchev–Trinajstić information content (AvgIpc) is 2.90. The normalized spacial score (nSPS) is 12.8. The smallest absolute Gasteiger partial charge is 0.293 e. The van der Waals surface area contributed by atoms with Crippen LogP contribution in [-0.2, 0) is 32.2 Å². The summed E-state index contributed by atoms with van der Waals surface area (Å²) >= 11 is 0. The molecule has 0 fully saturated rings. The molecule has 0 amide bonds. The molecule has 2 rings (SSSR count). The lowest BCUT2D eigenvalue weighted by atomic mass is 10.0. The van der Waals surface area contributed by atoms with Gasteiger partial charge in [-0.15, -0.1) is 0 Å². The third kappa shape index (κ3) is 4.14. The maximum atomic E-state index is 13.6. The molecule has 0 aliphatic rings. The Morgan fingerprint density at radius 1 is 1.36 bits per heavy atom. The zero-order valence-corrected chi connectivity index (χ0v) is 12.6. The van der Waals surface area contributed by atoms with Crippen molar-refractivity contribution in [2.75, 3.05) is 6.26 Å². The van der Waals surface area contributed by atoms with Crippen LogP contribution < -0.4 is 0 Å². The van der Waals surface area contributed by atoms with Gasteiger partial charge in [-0.2, -0.15) is 5.10 Å². The fraction of sp³-hybridized carbons (Fsp3) is 0.286. The summed E-state index contributed by atoms with van der Waals surface area (Å²) in [6.45, 7) is 0.291. The summed E-state index contributed by atoms with van der Waals surface area (Å²) in [7, 11) is -3.41. The number of aromatic amines is 1. The van der Waals surface area contributed by atoms with Gasteiger partial charge < -0.3 is 4.74 Å². The molecule has 1 aromatic carbocycles. The SMILES string of the molecule is CS(=O)(=O)c1cc(CC(Cc2ccccc2F)OC=O)[nH]n1. The maximum absolute atomic E-state index is 13.6. The third-order valence-corrected chi connectivity index (χ3v) is 4.06. The summed E-state index contributed by atoms with van der Waals surface area (Å²) in [5.41, 5.74) is 0.904. The lowest BCUT2D eigenvalue weighted by molar-refractivity contribution is -0.133. The van der Waals surface area contributed by atoms with Crippen LogP contribution in [0.2, 0.25) is 0 Å². The van der Waals surface area contributed by atoms with Crippen LogP contribution in [-0.4, -0.2) is 37.4 Å². The van der Waals surface area contributed by atoms with E-state index >= 15 is 0 Å². The first-order valence-corrected chi connectivity index (χ1v) is 8.36. The number of halogens is 1. The number of rotatable bonds is 7. The van der Waals surface area contributed by atoms with Gasteiger partial charge in [0, 0.05) is 24.8 Å². The number of carbonyl (C=O) groups excluding carboxylic acids is 1. The second-order valence-corrected chi connectivity index (χ2v) is 6.82. The number of nitrogens with zero attached hydrogens (tertiary/aromatic N) is 1. The Morgan fingerprint density at radius 3 is 2.68 bits per heavy atom. The summed E-state index contributed by atoms with van der Waals surface area (Å²) in [5, 5.41) is 6.19. The van der Waals surface area contributed by atoms with Crippen LogP contribution >= 0.6 is 0 Å². The lowest BCUT2D eigenvalue weighted by Gasteiger charge is -2.14. The van der Waals surface area contributed by atoms with Crippen molar-refractivity contribution in [1.29, 1.82) is 0 Å². The summed E-state index contributed by atoms with van der Waals surface area (Å²) < 4.78 is 41.3. The Labute approximate surface area is 127 Å². The van der Waals surface area contributed by atoms with Crippen LogP contribution in [0.1, 0.15) is 11.3 Å². The summed E-state index contributed by atoms with van der Waals surface area (Å²) in [6, 6.07) is 7.56. The molecule has 0 saturated heterocycles. The van der Waals surface area contributed by atoms with Gasteiger partial charge in [-0.1, -0.05) is 18.2 Å². The first kappa shape index (κ1) is 16.2. The molecule has 6 nitrogen and oxygen atoms in total. The van der Waals surface area contributed by atoms with Gasteiger partial charge in [-0.3, -0.25) is 9.89 Å². The van der Waals surface area contributed by atoms with Crippen molar-refractivity contribution >= 4 is 16.3 Å². The van der Waals surface area contributed by atoms with Crippen LogP contribution in [0.3, 0.4) is 0 Å². The van der Waals surface area contributed by atoms with E-state index in [0.717, 1.165) is 6.26 Å². The number of ether oxygens (including phenoxy) is 1. The number of H-pyrrole nitrogens is 1. The largest absolute Gasteiger partial charge is 0.464 e. The third-order valence-electron chi connectivity index (χ3n) is 3.09. The van der Waals surface area contributed by atoms with E-state index in [4.69, 9.17) is 4.74 Å². The van der Waals surface area contributed by atoms with Gasteiger partial charge in [0.2, 0.25) is 0 Å². The van der Waals surface area contributed by atoms with Crippen molar-refractivity contribution in [2.24, 2.45) is 0 Å². The zero-order chi connectivity index (χ0) is 16.2. The van der Waals surface area contributed by atoms with Crippen molar-refractivity contribution in [3.8, 4) is 0 Å². The molecule has 1 unspecified atom stereocenters. The highest BCUT2D eigenvalue weighted by Crippen LogP contribution is 2.15. The highest BCUT2D eigenvalue weighted by Gasteiger charge is 2.18. The molecule has 2 aromatic rings. The molecule has 0 saturated carbocycles. The molecule has 1 N–H and O–H groups in total. The minimum atomic E-state index is -3.41. The highest BCUT2D eigenvalue weighted by atomic mass is 32.2. The van der Waals surface area contributed by atoms with E-state index in [1.807, 2.05) is 0 Å². The first-order chi connectivity index (χ1) is 10.4. The Kier molecular flexibility index (Phi) is 4.92. The molecule has 0 aliphatic carbocycles. The second-order valence-electron chi connectivity index (χ2n) is 4.86. The van der Waals surface area contributed by atoms with E-state index in [0.29, 0.717) is 17.7 Å². The second kappa shape index (κ2) is 6.69. The number of hydrogen-bond donors (Lipinski definition) is 1.